The predicted molar refractivity (Wildman–Crippen MR) is 118 cm³/mol. The van der Waals surface area contributed by atoms with E-state index in [0.29, 0.717) is 17.8 Å². The van der Waals surface area contributed by atoms with Crippen molar-refractivity contribution in [3.05, 3.63) is 64.0 Å². The van der Waals surface area contributed by atoms with E-state index in [0.717, 1.165) is 45.6 Å². The van der Waals surface area contributed by atoms with Gasteiger partial charge in [0.25, 0.3) is 0 Å². The van der Waals surface area contributed by atoms with Gasteiger partial charge in [-0.05, 0) is 52.0 Å². The summed E-state index contributed by atoms with van der Waals surface area (Å²) in [6, 6.07) is 9.45. The molecule has 2 aliphatic rings. The first kappa shape index (κ1) is 20.5. The number of aromatic nitrogens is 1. The van der Waals surface area contributed by atoms with Crippen LogP contribution in [0.5, 0.6) is 0 Å². The van der Waals surface area contributed by atoms with Crippen LogP contribution in [0, 0.1) is 0 Å². The maximum Gasteiger partial charge on any atom is 0.0558 e. The minimum Gasteiger partial charge on any atom is -0.395 e. The Balaban J connectivity index is 1.57. The molecule has 2 aromatic rings. The van der Waals surface area contributed by atoms with Crippen molar-refractivity contribution < 1.29 is 5.11 Å². The van der Waals surface area contributed by atoms with E-state index in [-0.39, 0.29) is 6.61 Å². The zero-order valence-electron chi connectivity index (χ0n) is 18.1. The van der Waals surface area contributed by atoms with E-state index in [1.807, 2.05) is 0 Å². The molecule has 2 aliphatic heterocycles. The van der Waals surface area contributed by atoms with Crippen LogP contribution in [0.15, 0.2) is 30.5 Å². The highest BCUT2D eigenvalue weighted by Gasteiger charge is 2.27. The van der Waals surface area contributed by atoms with E-state index in [2.05, 4.69) is 61.5 Å². The summed E-state index contributed by atoms with van der Waals surface area (Å²) < 4.78 is 0. The largest absolute Gasteiger partial charge is 0.395 e. The number of rotatable bonds is 6. The highest BCUT2D eigenvalue weighted by molar-refractivity contribution is 5.38. The van der Waals surface area contributed by atoms with Crippen LogP contribution in [0.3, 0.4) is 0 Å². The van der Waals surface area contributed by atoms with Crippen molar-refractivity contribution in [2.45, 2.75) is 64.5 Å². The summed E-state index contributed by atoms with van der Waals surface area (Å²) in [5.74, 6) is 1.50. The molecule has 0 amide bonds. The second-order valence-corrected chi connectivity index (χ2v) is 9.21. The van der Waals surface area contributed by atoms with Crippen molar-refractivity contribution >= 4 is 0 Å². The highest BCUT2D eigenvalue weighted by atomic mass is 16.3. The summed E-state index contributed by atoms with van der Waals surface area (Å²) in [6.07, 6.45) is 4.25. The predicted octanol–water partition coefficient (Wildman–Crippen LogP) is 3.94. The second kappa shape index (κ2) is 8.95. The molecule has 0 fully saturated rings. The second-order valence-electron chi connectivity index (χ2n) is 9.21. The molecule has 2 atom stereocenters. The van der Waals surface area contributed by atoms with Crippen molar-refractivity contribution in [1.29, 1.82) is 0 Å². The molecule has 3 heterocycles. The monoisotopic (exact) mass is 393 g/mol. The summed E-state index contributed by atoms with van der Waals surface area (Å²) in [4.78, 5) is 7.19. The summed E-state index contributed by atoms with van der Waals surface area (Å²) >= 11 is 0. The lowest BCUT2D eigenvalue weighted by Gasteiger charge is -2.36. The van der Waals surface area contributed by atoms with E-state index in [9.17, 15) is 5.11 Å². The van der Waals surface area contributed by atoms with E-state index in [4.69, 9.17) is 4.98 Å². The fourth-order valence-corrected chi connectivity index (χ4v) is 4.95. The number of β-amino-alcohol motifs (C(OH)–C–C–N with tert-alkyl or cyclic N) is 1. The van der Waals surface area contributed by atoms with Gasteiger partial charge in [0.2, 0.25) is 0 Å². The Labute approximate surface area is 175 Å². The molecule has 4 rings (SSSR count). The molecule has 2 N–H and O–H groups in total. The molecule has 1 aromatic heterocycles. The average Bonchev–Trinajstić information content (AvgIpc) is 2.73. The molecular formula is C25H35N3O. The van der Waals surface area contributed by atoms with Crippen LogP contribution in [0.25, 0.3) is 0 Å². The molecule has 0 saturated heterocycles. The zero-order valence-corrected chi connectivity index (χ0v) is 18.1. The number of benzene rings is 1. The van der Waals surface area contributed by atoms with Crippen LogP contribution in [-0.4, -0.2) is 41.2 Å². The lowest BCUT2D eigenvalue weighted by molar-refractivity contribution is 0.168. The van der Waals surface area contributed by atoms with Crippen LogP contribution in [0.1, 0.15) is 78.5 Å². The Morgan fingerprint density at radius 3 is 2.79 bits per heavy atom. The van der Waals surface area contributed by atoms with Crippen LogP contribution in [0.4, 0.5) is 0 Å². The fourth-order valence-electron chi connectivity index (χ4n) is 4.95. The molecule has 4 heteroatoms. The van der Waals surface area contributed by atoms with Gasteiger partial charge in [-0.3, -0.25) is 9.88 Å². The average molecular weight is 394 g/mol. The molecule has 0 aliphatic carbocycles. The third-order valence-corrected chi connectivity index (χ3v) is 6.70. The summed E-state index contributed by atoms with van der Waals surface area (Å²) in [6.45, 7) is 11.8. The smallest absolute Gasteiger partial charge is 0.0558 e. The van der Waals surface area contributed by atoms with Crippen molar-refractivity contribution in [3.63, 3.8) is 0 Å². The zero-order chi connectivity index (χ0) is 20.4. The number of aliphatic hydroxyl groups is 1. The normalized spacial score (nSPS) is 20.4. The first-order chi connectivity index (χ1) is 14.0. The maximum absolute atomic E-state index is 9.51. The number of aliphatic hydroxyl groups excluding tert-OH is 1. The molecule has 1 aromatic carbocycles. The Hall–Kier alpha value is -1.75. The first-order valence-electron chi connectivity index (χ1n) is 11.2. The number of hydrogen-bond donors (Lipinski definition) is 2. The van der Waals surface area contributed by atoms with Gasteiger partial charge in [0.15, 0.2) is 0 Å². The summed E-state index contributed by atoms with van der Waals surface area (Å²) in [5.41, 5.74) is 8.34. The molecule has 29 heavy (non-hydrogen) atoms. The fraction of sp³-hybridized carbons (Fsp3) is 0.560. The maximum atomic E-state index is 9.51. The van der Waals surface area contributed by atoms with Gasteiger partial charge in [-0.15, -0.1) is 0 Å². The molecule has 4 nitrogen and oxygen atoms in total. The van der Waals surface area contributed by atoms with Crippen molar-refractivity contribution in [2.24, 2.45) is 0 Å². The Morgan fingerprint density at radius 2 is 2.00 bits per heavy atom. The van der Waals surface area contributed by atoms with E-state index < -0.39 is 0 Å². The Morgan fingerprint density at radius 1 is 1.17 bits per heavy atom. The first-order valence-corrected chi connectivity index (χ1v) is 11.2. The SMILES string of the molecule is CC(C)c1ccc2c(c1)CN(CCO)CC2CC(C)c1cnc2c(c1)CNCC2. The van der Waals surface area contributed by atoms with Gasteiger partial charge in [-0.2, -0.15) is 0 Å². The molecule has 2 unspecified atom stereocenters. The van der Waals surface area contributed by atoms with Crippen LogP contribution in [0.2, 0.25) is 0 Å². The summed E-state index contributed by atoms with van der Waals surface area (Å²) in [5, 5.41) is 13.0. The van der Waals surface area contributed by atoms with Crippen molar-refractivity contribution in [2.75, 3.05) is 26.2 Å². The lowest BCUT2D eigenvalue weighted by atomic mass is 9.80. The van der Waals surface area contributed by atoms with E-state index in [1.54, 1.807) is 0 Å². The Bertz CT molecular complexity index is 848. The van der Waals surface area contributed by atoms with Crippen LogP contribution in [-0.2, 0) is 19.5 Å². The lowest BCUT2D eigenvalue weighted by Crippen LogP contribution is -2.36. The highest BCUT2D eigenvalue weighted by Crippen LogP contribution is 2.37. The number of fused-ring (bicyclic) bond motifs is 2. The van der Waals surface area contributed by atoms with Crippen molar-refractivity contribution in [1.82, 2.24) is 15.2 Å². The minimum absolute atomic E-state index is 0.225. The third-order valence-electron chi connectivity index (χ3n) is 6.70. The number of hydrogen-bond acceptors (Lipinski definition) is 4. The van der Waals surface area contributed by atoms with Crippen LogP contribution >= 0.6 is 0 Å². The van der Waals surface area contributed by atoms with Crippen LogP contribution < -0.4 is 5.32 Å². The van der Waals surface area contributed by atoms with Gasteiger partial charge in [-0.25, -0.2) is 0 Å². The van der Waals surface area contributed by atoms with Crippen molar-refractivity contribution in [3.8, 4) is 0 Å². The molecular weight excluding hydrogens is 358 g/mol. The van der Waals surface area contributed by atoms with Gasteiger partial charge in [-0.1, -0.05) is 45.0 Å². The molecule has 0 saturated carbocycles. The van der Waals surface area contributed by atoms with Gasteiger partial charge in [0.1, 0.15) is 0 Å². The molecule has 0 radical (unpaired) electrons. The molecule has 0 spiro atoms. The topological polar surface area (TPSA) is 48.4 Å². The van der Waals surface area contributed by atoms with E-state index in [1.165, 1.54) is 33.5 Å². The minimum atomic E-state index is 0.225. The van der Waals surface area contributed by atoms with Gasteiger partial charge in [0, 0.05) is 51.0 Å². The quantitative estimate of drug-likeness (QED) is 0.781. The van der Waals surface area contributed by atoms with Gasteiger partial charge < -0.3 is 10.4 Å². The third kappa shape index (κ3) is 4.55. The molecule has 0 bridgehead atoms. The molecule has 156 valence electrons. The number of pyridine rings is 1. The van der Waals surface area contributed by atoms with Gasteiger partial charge >= 0.3 is 0 Å². The Kier molecular flexibility index (Phi) is 6.33. The van der Waals surface area contributed by atoms with E-state index >= 15 is 0 Å². The van der Waals surface area contributed by atoms with Gasteiger partial charge in [0.05, 0.1) is 6.61 Å². The number of nitrogens with one attached hydrogen (secondary N) is 1. The number of nitrogens with zero attached hydrogens (tertiary/aromatic N) is 2. The summed E-state index contributed by atoms with van der Waals surface area (Å²) in [7, 11) is 0. The standard InChI is InChI=1S/C25H35N3O/c1-17(2)19-4-5-24-22(15-28(8-9-29)16-23(24)11-19)10-18(3)20-12-21-13-26-7-6-25(21)27-14-20/h4-5,11-12,14,17-18,22,26,29H,6-10,13,15-16H2,1-3H3.